The van der Waals surface area contributed by atoms with E-state index in [0.29, 0.717) is 18.7 Å². The minimum Gasteiger partial charge on any atom is -0.304 e. The molecular weight excluding hydrogens is 367 g/mol. The number of aromatic nitrogens is 2. The van der Waals surface area contributed by atoms with Gasteiger partial charge in [-0.15, -0.1) is 0 Å². The first-order chi connectivity index (χ1) is 12.7. The van der Waals surface area contributed by atoms with Gasteiger partial charge in [-0.3, -0.25) is 4.68 Å². The third-order valence-electron chi connectivity index (χ3n) is 4.93. The van der Waals surface area contributed by atoms with Crippen molar-refractivity contribution in [1.29, 1.82) is 0 Å². The van der Waals surface area contributed by atoms with E-state index in [0.717, 1.165) is 30.8 Å². The average Bonchev–Trinajstić information content (AvgIpc) is 2.97. The van der Waals surface area contributed by atoms with E-state index in [4.69, 9.17) is 0 Å². The third kappa shape index (κ3) is 4.94. The van der Waals surface area contributed by atoms with Crippen LogP contribution in [0.5, 0.6) is 0 Å². The monoisotopic (exact) mass is 394 g/mol. The van der Waals surface area contributed by atoms with Crippen LogP contribution in [0.2, 0.25) is 0 Å². The molecule has 0 saturated carbocycles. The molecule has 148 valence electrons. The van der Waals surface area contributed by atoms with Gasteiger partial charge in [0.05, 0.1) is 17.1 Å². The summed E-state index contributed by atoms with van der Waals surface area (Å²) in [6.07, 6.45) is 1.74. The van der Waals surface area contributed by atoms with Gasteiger partial charge in [0.2, 0.25) is 10.0 Å². The Morgan fingerprint density at radius 2 is 1.96 bits per heavy atom. The second kappa shape index (κ2) is 8.08. The van der Waals surface area contributed by atoms with Crippen molar-refractivity contribution in [3.8, 4) is 0 Å². The maximum atomic E-state index is 13.1. The number of halogens is 1. The molecule has 1 aromatic heterocycles. The summed E-state index contributed by atoms with van der Waals surface area (Å²) in [4.78, 5) is 2.08. The van der Waals surface area contributed by atoms with E-state index in [1.807, 2.05) is 25.8 Å². The van der Waals surface area contributed by atoms with Crippen molar-refractivity contribution >= 4 is 10.0 Å². The second-order valence-electron chi connectivity index (χ2n) is 7.50. The molecule has 27 heavy (non-hydrogen) atoms. The van der Waals surface area contributed by atoms with Gasteiger partial charge in [0.25, 0.3) is 0 Å². The maximum Gasteiger partial charge on any atom is 0.218 e. The van der Waals surface area contributed by atoms with Crippen LogP contribution in [0.3, 0.4) is 0 Å². The van der Waals surface area contributed by atoms with Crippen LogP contribution in [0.1, 0.15) is 35.7 Å². The molecule has 2 heterocycles. The number of piperidine rings is 1. The summed E-state index contributed by atoms with van der Waals surface area (Å²) >= 11 is 0. The molecule has 1 aliphatic heterocycles. The molecule has 3 rings (SSSR count). The smallest absolute Gasteiger partial charge is 0.218 e. The van der Waals surface area contributed by atoms with Crippen LogP contribution in [-0.4, -0.2) is 54.6 Å². The number of hydrogen-bond donors (Lipinski definition) is 0. The standard InChI is InChI=1S/C19H27FN4O2S/c1-22(2)13-18-11-19(21-23(18)3)16-5-4-10-24(12-16)27(25,26)14-15-6-8-17(20)9-7-15/h6-9,11,16H,4-5,10,12-14H2,1-3H3/t16-/m0/s1. The van der Waals surface area contributed by atoms with Gasteiger partial charge in [-0.05, 0) is 50.7 Å². The van der Waals surface area contributed by atoms with Crippen LogP contribution in [0, 0.1) is 5.82 Å². The van der Waals surface area contributed by atoms with Crippen molar-refractivity contribution in [2.24, 2.45) is 7.05 Å². The van der Waals surface area contributed by atoms with Crippen molar-refractivity contribution in [2.75, 3.05) is 27.2 Å². The van der Waals surface area contributed by atoms with Gasteiger partial charge in [0.15, 0.2) is 0 Å². The van der Waals surface area contributed by atoms with Crippen LogP contribution in [0.15, 0.2) is 30.3 Å². The molecule has 1 aromatic carbocycles. The molecule has 1 fully saturated rings. The van der Waals surface area contributed by atoms with E-state index < -0.39 is 10.0 Å². The Kier molecular flexibility index (Phi) is 5.98. The predicted octanol–water partition coefficient (Wildman–Crippen LogP) is 2.33. The van der Waals surface area contributed by atoms with Crippen LogP contribution >= 0.6 is 0 Å². The van der Waals surface area contributed by atoms with E-state index in [1.165, 1.54) is 24.3 Å². The summed E-state index contributed by atoms with van der Waals surface area (Å²) in [5.74, 6) is -0.365. The molecule has 1 saturated heterocycles. The highest BCUT2D eigenvalue weighted by Crippen LogP contribution is 2.29. The lowest BCUT2D eigenvalue weighted by molar-refractivity contribution is 0.311. The van der Waals surface area contributed by atoms with Crippen molar-refractivity contribution < 1.29 is 12.8 Å². The van der Waals surface area contributed by atoms with Crippen molar-refractivity contribution in [2.45, 2.75) is 31.1 Å². The number of rotatable bonds is 6. The van der Waals surface area contributed by atoms with Gasteiger partial charge in [0.1, 0.15) is 5.82 Å². The highest BCUT2D eigenvalue weighted by molar-refractivity contribution is 7.88. The van der Waals surface area contributed by atoms with E-state index in [1.54, 1.807) is 4.31 Å². The fourth-order valence-electron chi connectivity index (χ4n) is 3.52. The van der Waals surface area contributed by atoms with E-state index in [9.17, 15) is 12.8 Å². The third-order valence-corrected chi connectivity index (χ3v) is 6.75. The molecule has 0 N–H and O–H groups in total. The SMILES string of the molecule is CN(C)Cc1cc([C@H]2CCCN(S(=O)(=O)Cc3ccc(F)cc3)C2)nn1C. The number of aryl methyl sites for hydroxylation is 1. The molecule has 8 heteroatoms. The lowest BCUT2D eigenvalue weighted by Crippen LogP contribution is -2.39. The Labute approximate surface area is 160 Å². The zero-order chi connectivity index (χ0) is 19.6. The van der Waals surface area contributed by atoms with Crippen LogP contribution < -0.4 is 0 Å². The van der Waals surface area contributed by atoms with Gasteiger partial charge in [-0.25, -0.2) is 17.1 Å². The van der Waals surface area contributed by atoms with Crippen LogP contribution in [-0.2, 0) is 29.4 Å². The molecule has 0 unspecified atom stereocenters. The summed E-state index contributed by atoms with van der Waals surface area (Å²) in [6.45, 7) is 1.77. The fourth-order valence-corrected chi connectivity index (χ4v) is 5.13. The molecule has 0 aliphatic carbocycles. The zero-order valence-electron chi connectivity index (χ0n) is 16.1. The minimum absolute atomic E-state index is 0.101. The van der Waals surface area contributed by atoms with Gasteiger partial charge < -0.3 is 4.90 Å². The number of nitrogens with zero attached hydrogens (tertiary/aromatic N) is 4. The molecule has 0 radical (unpaired) electrons. The Morgan fingerprint density at radius 1 is 1.26 bits per heavy atom. The van der Waals surface area contributed by atoms with Crippen molar-refractivity contribution in [3.05, 3.63) is 53.1 Å². The molecular formula is C19H27FN4O2S. The lowest BCUT2D eigenvalue weighted by atomic mass is 9.96. The summed E-state index contributed by atoms with van der Waals surface area (Å²) < 4.78 is 42.2. The van der Waals surface area contributed by atoms with Gasteiger partial charge in [-0.1, -0.05) is 12.1 Å². The molecule has 0 amide bonds. The normalized spacial score (nSPS) is 18.9. The average molecular weight is 395 g/mol. The molecule has 6 nitrogen and oxygen atoms in total. The topological polar surface area (TPSA) is 58.4 Å². The Hall–Kier alpha value is -1.77. The van der Waals surface area contributed by atoms with Crippen LogP contribution in [0.25, 0.3) is 0 Å². The number of benzene rings is 1. The Morgan fingerprint density at radius 3 is 2.63 bits per heavy atom. The van der Waals surface area contributed by atoms with E-state index >= 15 is 0 Å². The van der Waals surface area contributed by atoms with Crippen LogP contribution in [0.4, 0.5) is 4.39 Å². The molecule has 2 aromatic rings. The van der Waals surface area contributed by atoms with E-state index in [2.05, 4.69) is 16.1 Å². The Bertz CT molecular complexity index is 878. The zero-order valence-corrected chi connectivity index (χ0v) is 16.9. The first-order valence-electron chi connectivity index (χ1n) is 9.14. The first-order valence-corrected chi connectivity index (χ1v) is 10.8. The molecule has 0 spiro atoms. The summed E-state index contributed by atoms with van der Waals surface area (Å²) in [7, 11) is 2.50. The minimum atomic E-state index is -3.44. The van der Waals surface area contributed by atoms with Gasteiger partial charge in [-0.2, -0.15) is 5.10 Å². The number of hydrogen-bond acceptors (Lipinski definition) is 4. The summed E-state index contributed by atoms with van der Waals surface area (Å²) in [5, 5.41) is 4.62. The summed E-state index contributed by atoms with van der Waals surface area (Å²) in [5.41, 5.74) is 2.67. The lowest BCUT2D eigenvalue weighted by Gasteiger charge is -2.31. The number of sulfonamides is 1. The van der Waals surface area contributed by atoms with Gasteiger partial charge >= 0.3 is 0 Å². The van der Waals surface area contributed by atoms with Crippen molar-refractivity contribution in [3.63, 3.8) is 0 Å². The Balaban J connectivity index is 1.72. The second-order valence-corrected chi connectivity index (χ2v) is 9.47. The highest BCUT2D eigenvalue weighted by atomic mass is 32.2. The fraction of sp³-hybridized carbons (Fsp3) is 0.526. The predicted molar refractivity (Wildman–Crippen MR) is 103 cm³/mol. The maximum absolute atomic E-state index is 13.1. The summed E-state index contributed by atoms with van der Waals surface area (Å²) in [6, 6.07) is 7.73. The van der Waals surface area contributed by atoms with Gasteiger partial charge in [0, 0.05) is 32.6 Å². The molecule has 0 bridgehead atoms. The van der Waals surface area contributed by atoms with Crippen molar-refractivity contribution in [1.82, 2.24) is 19.0 Å². The quantitative estimate of drug-likeness (QED) is 0.755. The molecule has 1 atom stereocenters. The largest absolute Gasteiger partial charge is 0.304 e. The van der Waals surface area contributed by atoms with E-state index in [-0.39, 0.29) is 17.5 Å². The first kappa shape index (κ1) is 20.0. The highest BCUT2D eigenvalue weighted by Gasteiger charge is 2.31. The molecule has 1 aliphatic rings.